The molecule has 0 saturated carbocycles. The molecule has 0 aromatic heterocycles. The van der Waals surface area contributed by atoms with Gasteiger partial charge in [0.15, 0.2) is 0 Å². The van der Waals surface area contributed by atoms with E-state index in [2.05, 4.69) is 26.1 Å². The van der Waals surface area contributed by atoms with Crippen LogP contribution in [0.25, 0.3) is 0 Å². The Bertz CT molecular complexity index is 258. The minimum Gasteiger partial charge on any atom is -0.314 e. The van der Waals surface area contributed by atoms with Crippen molar-refractivity contribution in [2.75, 3.05) is 18.6 Å². The molecule has 0 radical (unpaired) electrons. The van der Waals surface area contributed by atoms with Gasteiger partial charge in [-0.25, -0.2) is 8.42 Å². The first-order valence-corrected chi connectivity index (χ1v) is 8.41. The fraction of sp³-hybridized carbons (Fsp3) is 1.00. The van der Waals surface area contributed by atoms with E-state index >= 15 is 0 Å². The van der Waals surface area contributed by atoms with Crippen LogP contribution in [-0.2, 0) is 9.84 Å². The second kappa shape index (κ2) is 8.07. The lowest BCUT2D eigenvalue weighted by molar-refractivity contribution is 0.320. The lowest BCUT2D eigenvalue weighted by Crippen LogP contribution is -2.36. The normalized spacial score (nSPS) is 14.3. The van der Waals surface area contributed by atoms with Gasteiger partial charge in [-0.3, -0.25) is 0 Å². The Morgan fingerprint density at radius 1 is 1.12 bits per heavy atom. The van der Waals surface area contributed by atoms with Crippen molar-refractivity contribution in [1.29, 1.82) is 0 Å². The maximum Gasteiger partial charge on any atom is 0.147 e. The van der Waals surface area contributed by atoms with Gasteiger partial charge in [0.25, 0.3) is 0 Å². The second-order valence-corrected chi connectivity index (χ2v) is 6.77. The minimum absolute atomic E-state index is 0.315. The monoisotopic (exact) mass is 249 g/mol. The fourth-order valence-corrected chi connectivity index (χ4v) is 2.88. The molecule has 0 bridgehead atoms. The number of nitrogens with one attached hydrogen (secondary N) is 1. The first-order chi connectivity index (χ1) is 7.44. The number of hydrogen-bond acceptors (Lipinski definition) is 3. The summed E-state index contributed by atoms with van der Waals surface area (Å²) in [5.41, 5.74) is 0. The molecular formula is C12H27NO2S. The molecule has 0 fully saturated rings. The van der Waals surface area contributed by atoms with E-state index < -0.39 is 9.84 Å². The quantitative estimate of drug-likeness (QED) is 0.681. The molecule has 3 nitrogen and oxygen atoms in total. The van der Waals surface area contributed by atoms with Crippen molar-refractivity contribution in [2.24, 2.45) is 5.92 Å². The molecule has 16 heavy (non-hydrogen) atoms. The lowest BCUT2D eigenvalue weighted by Gasteiger charge is -2.26. The maximum absolute atomic E-state index is 11.1. The predicted molar refractivity (Wildman–Crippen MR) is 70.5 cm³/mol. The number of hydrogen-bond donors (Lipinski definition) is 1. The number of sulfone groups is 1. The average molecular weight is 249 g/mol. The molecule has 0 aliphatic heterocycles. The lowest BCUT2D eigenvalue weighted by atomic mass is 9.91. The highest BCUT2D eigenvalue weighted by atomic mass is 32.2. The van der Waals surface area contributed by atoms with Crippen molar-refractivity contribution < 1.29 is 8.42 Å². The zero-order valence-corrected chi connectivity index (χ0v) is 11.9. The van der Waals surface area contributed by atoms with Crippen molar-refractivity contribution in [3.05, 3.63) is 0 Å². The highest BCUT2D eigenvalue weighted by Gasteiger charge is 2.17. The third-order valence-electron chi connectivity index (χ3n) is 3.11. The van der Waals surface area contributed by atoms with Crippen molar-refractivity contribution >= 4 is 9.84 Å². The van der Waals surface area contributed by atoms with Crippen LogP contribution in [-0.4, -0.2) is 33.0 Å². The SMILES string of the molecule is CCNC(CCCS(C)(=O)=O)C(CC)CC. The molecule has 0 aliphatic rings. The smallest absolute Gasteiger partial charge is 0.147 e. The van der Waals surface area contributed by atoms with Crippen LogP contribution < -0.4 is 5.32 Å². The summed E-state index contributed by atoms with van der Waals surface area (Å²) < 4.78 is 22.1. The van der Waals surface area contributed by atoms with Crippen molar-refractivity contribution in [1.82, 2.24) is 5.32 Å². The molecule has 0 amide bonds. The van der Waals surface area contributed by atoms with Crippen LogP contribution in [0.15, 0.2) is 0 Å². The predicted octanol–water partition coefficient (Wildman–Crippen LogP) is 2.23. The average Bonchev–Trinajstić information content (AvgIpc) is 2.17. The van der Waals surface area contributed by atoms with Gasteiger partial charge in [0.1, 0.15) is 9.84 Å². The summed E-state index contributed by atoms with van der Waals surface area (Å²) in [6, 6.07) is 0.474. The Hall–Kier alpha value is -0.0900. The summed E-state index contributed by atoms with van der Waals surface area (Å²) >= 11 is 0. The number of rotatable bonds is 9. The Morgan fingerprint density at radius 3 is 2.06 bits per heavy atom. The van der Waals surface area contributed by atoms with Gasteiger partial charge in [0.05, 0.1) is 0 Å². The van der Waals surface area contributed by atoms with E-state index in [4.69, 9.17) is 0 Å². The van der Waals surface area contributed by atoms with E-state index in [0.29, 0.717) is 17.7 Å². The van der Waals surface area contributed by atoms with Crippen LogP contribution >= 0.6 is 0 Å². The molecule has 1 atom stereocenters. The first-order valence-electron chi connectivity index (χ1n) is 6.35. The van der Waals surface area contributed by atoms with Gasteiger partial charge in [-0.05, 0) is 25.3 Å². The molecule has 4 heteroatoms. The van der Waals surface area contributed by atoms with Crippen LogP contribution in [0.1, 0.15) is 46.5 Å². The van der Waals surface area contributed by atoms with Crippen molar-refractivity contribution in [3.63, 3.8) is 0 Å². The Morgan fingerprint density at radius 2 is 1.69 bits per heavy atom. The van der Waals surface area contributed by atoms with Crippen LogP contribution in [0.5, 0.6) is 0 Å². The van der Waals surface area contributed by atoms with Gasteiger partial charge in [-0.1, -0.05) is 33.6 Å². The molecule has 1 N–H and O–H groups in total. The highest BCUT2D eigenvalue weighted by molar-refractivity contribution is 7.90. The molecule has 0 aromatic carbocycles. The van der Waals surface area contributed by atoms with Crippen molar-refractivity contribution in [2.45, 2.75) is 52.5 Å². The molecular weight excluding hydrogens is 222 g/mol. The van der Waals surface area contributed by atoms with Gasteiger partial charge >= 0.3 is 0 Å². The summed E-state index contributed by atoms with van der Waals surface area (Å²) in [4.78, 5) is 0. The highest BCUT2D eigenvalue weighted by Crippen LogP contribution is 2.17. The molecule has 0 rings (SSSR count). The zero-order chi connectivity index (χ0) is 12.6. The summed E-state index contributed by atoms with van der Waals surface area (Å²) in [6.45, 7) is 7.47. The standard InChI is InChI=1S/C12H27NO2S/c1-5-11(6-2)12(13-7-3)9-8-10-16(4,14)15/h11-13H,5-10H2,1-4H3. The molecule has 0 aliphatic carbocycles. The first kappa shape index (κ1) is 15.9. The summed E-state index contributed by atoms with van der Waals surface area (Å²) in [5.74, 6) is 0.981. The van der Waals surface area contributed by atoms with E-state index in [9.17, 15) is 8.42 Å². The van der Waals surface area contributed by atoms with Crippen LogP contribution in [0.4, 0.5) is 0 Å². The van der Waals surface area contributed by atoms with Gasteiger partial charge in [0.2, 0.25) is 0 Å². The van der Waals surface area contributed by atoms with Crippen LogP contribution in [0, 0.1) is 5.92 Å². The third kappa shape index (κ3) is 7.23. The maximum atomic E-state index is 11.1. The van der Waals surface area contributed by atoms with Gasteiger partial charge in [-0.15, -0.1) is 0 Å². The fourth-order valence-electron chi connectivity index (χ4n) is 2.19. The molecule has 0 saturated heterocycles. The van der Waals surface area contributed by atoms with Crippen LogP contribution in [0.2, 0.25) is 0 Å². The van der Waals surface area contributed by atoms with Gasteiger partial charge in [-0.2, -0.15) is 0 Å². The Labute approximate surface area is 101 Å². The summed E-state index contributed by atoms with van der Waals surface area (Å²) in [7, 11) is -2.80. The topological polar surface area (TPSA) is 46.2 Å². The van der Waals surface area contributed by atoms with E-state index in [1.807, 2.05) is 0 Å². The Kier molecular flexibility index (Phi) is 8.02. The molecule has 0 heterocycles. The minimum atomic E-state index is -2.80. The molecule has 1 unspecified atom stereocenters. The van der Waals surface area contributed by atoms with E-state index in [1.165, 1.54) is 6.26 Å². The van der Waals surface area contributed by atoms with Gasteiger partial charge < -0.3 is 5.32 Å². The van der Waals surface area contributed by atoms with E-state index in [1.54, 1.807) is 0 Å². The van der Waals surface area contributed by atoms with Gasteiger partial charge in [0, 0.05) is 18.1 Å². The Balaban J connectivity index is 4.12. The molecule has 98 valence electrons. The largest absolute Gasteiger partial charge is 0.314 e. The molecule has 0 spiro atoms. The van der Waals surface area contributed by atoms with Crippen molar-refractivity contribution in [3.8, 4) is 0 Å². The zero-order valence-electron chi connectivity index (χ0n) is 11.1. The van der Waals surface area contributed by atoms with E-state index in [-0.39, 0.29) is 0 Å². The summed E-state index contributed by atoms with van der Waals surface area (Å²) in [5, 5.41) is 3.48. The third-order valence-corrected chi connectivity index (χ3v) is 4.14. The van der Waals surface area contributed by atoms with Crippen LogP contribution in [0.3, 0.4) is 0 Å². The van der Waals surface area contributed by atoms with E-state index in [0.717, 1.165) is 32.2 Å². The second-order valence-electron chi connectivity index (χ2n) is 4.51. The molecule has 0 aromatic rings. The summed E-state index contributed by atoms with van der Waals surface area (Å²) in [6.07, 6.45) is 5.37.